The van der Waals surface area contributed by atoms with E-state index in [4.69, 9.17) is 4.43 Å². The summed E-state index contributed by atoms with van der Waals surface area (Å²) >= 11 is 3.53. The molecule has 3 nitrogen and oxygen atoms in total. The molecule has 134 valence electrons. The second-order valence-electron chi connectivity index (χ2n) is 8.81. The van der Waals surface area contributed by atoms with Crippen molar-refractivity contribution >= 4 is 29.9 Å². The minimum atomic E-state index is -1.67. The molecule has 24 heavy (non-hydrogen) atoms. The first kappa shape index (κ1) is 18.4. The lowest BCUT2D eigenvalue weighted by Crippen LogP contribution is -2.50. The molecule has 0 aliphatic carbocycles. The quantitative estimate of drug-likeness (QED) is 0.669. The summed E-state index contributed by atoms with van der Waals surface area (Å²) in [5, 5.41) is 0.291. The van der Waals surface area contributed by atoms with Crippen LogP contribution in [-0.4, -0.2) is 51.5 Å². The average molecular weight is 411 g/mol. The molecule has 5 heteroatoms. The third-order valence-electron chi connectivity index (χ3n) is 6.04. The monoisotopic (exact) mass is 410 g/mol. The molecular formula is C19H31BrN2OSi. The van der Waals surface area contributed by atoms with Crippen molar-refractivity contribution in [3.8, 4) is 0 Å². The van der Waals surface area contributed by atoms with Gasteiger partial charge in [0.05, 0.1) is 6.10 Å². The summed E-state index contributed by atoms with van der Waals surface area (Å²) in [6.07, 6.45) is 1.60. The summed E-state index contributed by atoms with van der Waals surface area (Å²) in [6.45, 7) is 16.2. The van der Waals surface area contributed by atoms with Crippen molar-refractivity contribution < 1.29 is 4.43 Å². The molecule has 2 heterocycles. The summed E-state index contributed by atoms with van der Waals surface area (Å²) < 4.78 is 7.83. The fourth-order valence-corrected chi connectivity index (χ4v) is 5.18. The van der Waals surface area contributed by atoms with E-state index in [2.05, 4.69) is 83.9 Å². The molecule has 2 atom stereocenters. The molecule has 2 saturated heterocycles. The van der Waals surface area contributed by atoms with Gasteiger partial charge >= 0.3 is 0 Å². The number of nitrogens with zero attached hydrogens (tertiary/aromatic N) is 2. The average Bonchev–Trinajstić information content (AvgIpc) is 2.87. The molecule has 2 aliphatic rings. The smallest absolute Gasteiger partial charge is 0.192 e. The Morgan fingerprint density at radius 3 is 2.38 bits per heavy atom. The highest BCUT2D eigenvalue weighted by Crippen LogP contribution is 2.39. The zero-order chi connectivity index (χ0) is 17.5. The maximum absolute atomic E-state index is 6.68. The predicted octanol–water partition coefficient (Wildman–Crippen LogP) is 4.73. The lowest BCUT2D eigenvalue weighted by molar-refractivity contribution is 0.177. The molecule has 2 fully saturated rings. The number of hydrogen-bond acceptors (Lipinski definition) is 3. The highest BCUT2D eigenvalue weighted by Gasteiger charge is 2.43. The Kier molecular flexibility index (Phi) is 5.18. The molecule has 0 N–H and O–H groups in total. The van der Waals surface area contributed by atoms with Crippen LogP contribution in [-0.2, 0) is 4.43 Å². The number of rotatable bonds is 3. The van der Waals surface area contributed by atoms with Crippen molar-refractivity contribution in [1.29, 1.82) is 0 Å². The normalized spacial score (nSPS) is 25.8. The fourth-order valence-electron chi connectivity index (χ4n) is 3.56. The van der Waals surface area contributed by atoms with Gasteiger partial charge in [-0.2, -0.15) is 0 Å². The second kappa shape index (κ2) is 6.75. The molecule has 0 bridgehead atoms. The molecule has 2 aliphatic heterocycles. The number of halogens is 1. The van der Waals surface area contributed by atoms with E-state index in [1.54, 1.807) is 0 Å². The summed E-state index contributed by atoms with van der Waals surface area (Å²) in [5.41, 5.74) is 1.34. The lowest BCUT2D eigenvalue weighted by Gasteiger charge is -2.38. The Morgan fingerprint density at radius 2 is 1.75 bits per heavy atom. The van der Waals surface area contributed by atoms with Gasteiger partial charge < -0.3 is 9.33 Å². The highest BCUT2D eigenvalue weighted by molar-refractivity contribution is 9.10. The number of benzene rings is 1. The highest BCUT2D eigenvalue weighted by atomic mass is 79.9. The number of anilines is 1. The van der Waals surface area contributed by atoms with Crippen LogP contribution in [0.4, 0.5) is 5.69 Å². The van der Waals surface area contributed by atoms with Gasteiger partial charge in [0.1, 0.15) is 0 Å². The molecule has 1 aromatic carbocycles. The van der Waals surface area contributed by atoms with Crippen molar-refractivity contribution in [1.82, 2.24) is 4.90 Å². The topological polar surface area (TPSA) is 15.7 Å². The third kappa shape index (κ3) is 3.90. The minimum Gasteiger partial charge on any atom is -0.413 e. The first-order chi connectivity index (χ1) is 11.2. The van der Waals surface area contributed by atoms with Crippen LogP contribution < -0.4 is 4.90 Å². The third-order valence-corrected chi connectivity index (χ3v) is 11.1. The van der Waals surface area contributed by atoms with Gasteiger partial charge in [-0.05, 0) is 48.8 Å². The first-order valence-corrected chi connectivity index (χ1v) is 12.8. The van der Waals surface area contributed by atoms with Gasteiger partial charge in [-0.1, -0.05) is 36.7 Å². The van der Waals surface area contributed by atoms with Crippen molar-refractivity contribution in [3.63, 3.8) is 0 Å². The maximum atomic E-state index is 6.68. The van der Waals surface area contributed by atoms with E-state index < -0.39 is 8.32 Å². The molecule has 0 aromatic heterocycles. The van der Waals surface area contributed by atoms with Crippen LogP contribution in [0, 0.1) is 0 Å². The van der Waals surface area contributed by atoms with Crippen molar-refractivity contribution in [2.24, 2.45) is 0 Å². The van der Waals surface area contributed by atoms with Gasteiger partial charge in [-0.25, -0.2) is 0 Å². The number of piperazine rings is 1. The predicted molar refractivity (Wildman–Crippen MR) is 108 cm³/mol. The molecule has 0 amide bonds. The molecule has 3 rings (SSSR count). The molecule has 0 saturated carbocycles. The fraction of sp³-hybridized carbons (Fsp3) is 0.684. The van der Waals surface area contributed by atoms with Crippen LogP contribution in [0.15, 0.2) is 28.7 Å². The standard InChI is InChI=1S/C19H31BrN2OSi/c1-19(2,3)24(4,5)23-18-12-17-13-21(10-11-22(17)14-18)16-8-6-15(20)7-9-16/h6-9,17-18H,10-14H2,1-5H3/t17-,18+/m0/s1. The van der Waals surface area contributed by atoms with E-state index in [0.29, 0.717) is 17.2 Å². The van der Waals surface area contributed by atoms with Gasteiger partial charge in [0.25, 0.3) is 0 Å². The van der Waals surface area contributed by atoms with E-state index >= 15 is 0 Å². The first-order valence-electron chi connectivity index (χ1n) is 9.08. The zero-order valence-corrected chi connectivity index (χ0v) is 18.3. The molecule has 1 aromatic rings. The van der Waals surface area contributed by atoms with Crippen LogP contribution in [0.1, 0.15) is 27.2 Å². The summed E-state index contributed by atoms with van der Waals surface area (Å²) in [6, 6.07) is 9.35. The van der Waals surface area contributed by atoms with Gasteiger partial charge in [0, 0.05) is 42.4 Å². The van der Waals surface area contributed by atoms with Crippen LogP contribution in [0.25, 0.3) is 0 Å². The Morgan fingerprint density at radius 1 is 1.08 bits per heavy atom. The van der Waals surface area contributed by atoms with E-state index in [1.165, 1.54) is 12.1 Å². The van der Waals surface area contributed by atoms with E-state index in [0.717, 1.165) is 30.7 Å². The van der Waals surface area contributed by atoms with E-state index in [9.17, 15) is 0 Å². The van der Waals surface area contributed by atoms with Crippen LogP contribution in [0.5, 0.6) is 0 Å². The van der Waals surface area contributed by atoms with Crippen LogP contribution in [0.2, 0.25) is 18.1 Å². The van der Waals surface area contributed by atoms with E-state index in [1.807, 2.05) is 0 Å². The Balaban J connectivity index is 1.62. The minimum absolute atomic E-state index is 0.291. The van der Waals surface area contributed by atoms with Crippen molar-refractivity contribution in [2.45, 2.75) is 57.5 Å². The van der Waals surface area contributed by atoms with Gasteiger partial charge in [-0.15, -0.1) is 0 Å². The van der Waals surface area contributed by atoms with Gasteiger partial charge in [0.15, 0.2) is 8.32 Å². The maximum Gasteiger partial charge on any atom is 0.192 e. The lowest BCUT2D eigenvalue weighted by atomic mass is 10.1. The molecule has 0 unspecified atom stereocenters. The SMILES string of the molecule is CC(C)(C)[Si](C)(C)O[C@@H]1C[C@H]2CN(c3ccc(Br)cc3)CCN2C1. The van der Waals surface area contributed by atoms with E-state index in [-0.39, 0.29) is 0 Å². The largest absolute Gasteiger partial charge is 0.413 e. The van der Waals surface area contributed by atoms with Gasteiger partial charge in [0.2, 0.25) is 0 Å². The summed E-state index contributed by atoms with van der Waals surface area (Å²) in [4.78, 5) is 5.18. The Labute approximate surface area is 156 Å². The van der Waals surface area contributed by atoms with Crippen LogP contribution >= 0.6 is 15.9 Å². The molecule has 0 radical (unpaired) electrons. The second-order valence-corrected chi connectivity index (χ2v) is 14.5. The Hall–Kier alpha value is -0.363. The molecule has 0 spiro atoms. The Bertz CT molecular complexity index is 570. The van der Waals surface area contributed by atoms with Crippen molar-refractivity contribution in [2.75, 3.05) is 31.1 Å². The van der Waals surface area contributed by atoms with Crippen LogP contribution in [0.3, 0.4) is 0 Å². The zero-order valence-electron chi connectivity index (χ0n) is 15.7. The molecular weight excluding hydrogens is 380 g/mol. The summed E-state index contributed by atoms with van der Waals surface area (Å²) in [5.74, 6) is 0. The van der Waals surface area contributed by atoms with Gasteiger partial charge in [-0.3, -0.25) is 4.90 Å². The summed E-state index contributed by atoms with van der Waals surface area (Å²) in [7, 11) is -1.67. The number of hydrogen-bond donors (Lipinski definition) is 0. The van der Waals surface area contributed by atoms with Crippen molar-refractivity contribution in [3.05, 3.63) is 28.7 Å². The number of fused-ring (bicyclic) bond motifs is 1.